The van der Waals surface area contributed by atoms with Gasteiger partial charge in [-0.2, -0.15) is 0 Å². The van der Waals surface area contributed by atoms with E-state index in [1.54, 1.807) is 6.07 Å². The van der Waals surface area contributed by atoms with Crippen LogP contribution in [0.1, 0.15) is 0 Å². The lowest BCUT2D eigenvalue weighted by Crippen LogP contribution is -2.12. The fourth-order valence-corrected chi connectivity index (χ4v) is 1.78. The maximum absolute atomic E-state index is 13.5. The Kier molecular flexibility index (Phi) is 3.80. The van der Waals surface area contributed by atoms with Crippen LogP contribution in [0.25, 0.3) is 0 Å². The maximum atomic E-state index is 13.5. The van der Waals surface area contributed by atoms with E-state index in [2.05, 4.69) is 15.3 Å². The molecule has 0 fully saturated rings. The topological polar surface area (TPSA) is 67.0 Å². The number of ether oxygens (including phenoxy) is 1. The summed E-state index contributed by atoms with van der Waals surface area (Å²) in [5.41, 5.74) is 0.242. The van der Waals surface area contributed by atoms with Crippen LogP contribution in [0.4, 0.5) is 15.9 Å². The number of nitrogens with one attached hydrogen (secondary N) is 2. The number of hydrogen-bond donors (Lipinski definition) is 2. The Morgan fingerprint density at radius 3 is 2.94 bits per heavy atom. The number of benzene rings is 1. The third kappa shape index (κ3) is 2.61. The van der Waals surface area contributed by atoms with Gasteiger partial charge in [0, 0.05) is 11.8 Å². The van der Waals surface area contributed by atoms with Crippen molar-refractivity contribution >= 4 is 34.1 Å². The molecule has 1 aromatic heterocycles. The zero-order chi connectivity index (χ0) is 13.1. The molecule has 2 N–H and O–H groups in total. The second-order valence-corrected chi connectivity index (χ2v) is 4.45. The molecule has 0 atom stereocenters. The molecule has 2 rings (SSSR count). The molecule has 0 spiro atoms. The Morgan fingerprint density at radius 2 is 2.28 bits per heavy atom. The van der Waals surface area contributed by atoms with Crippen molar-refractivity contribution in [2.75, 3.05) is 12.4 Å². The first-order valence-electron chi connectivity index (χ1n) is 4.95. The molecule has 0 saturated carbocycles. The number of H-pyrrole nitrogens is 1. The van der Waals surface area contributed by atoms with Crippen molar-refractivity contribution in [3.05, 3.63) is 44.3 Å². The lowest BCUT2D eigenvalue weighted by Gasteiger charge is -2.08. The van der Waals surface area contributed by atoms with Crippen LogP contribution in [0.3, 0.4) is 0 Å². The molecule has 1 heterocycles. The van der Waals surface area contributed by atoms with Gasteiger partial charge in [-0.05, 0) is 34.7 Å². The number of hydrogen-bond acceptors (Lipinski definition) is 4. The molecular weight excluding hydrogens is 352 g/mol. The molecule has 2 aromatic rings. The Morgan fingerprint density at radius 1 is 1.50 bits per heavy atom. The van der Waals surface area contributed by atoms with Gasteiger partial charge in [0.1, 0.15) is 3.57 Å². The Hall–Kier alpha value is -1.64. The van der Waals surface area contributed by atoms with E-state index in [0.717, 1.165) is 0 Å². The molecule has 0 aliphatic heterocycles. The molecule has 0 unspecified atom stereocenters. The first kappa shape index (κ1) is 12.8. The van der Waals surface area contributed by atoms with Crippen molar-refractivity contribution in [3.8, 4) is 5.75 Å². The van der Waals surface area contributed by atoms with Gasteiger partial charge in [-0.25, -0.2) is 9.37 Å². The molecule has 94 valence electrons. The van der Waals surface area contributed by atoms with E-state index in [4.69, 9.17) is 4.74 Å². The molecule has 0 aliphatic rings. The zero-order valence-electron chi connectivity index (χ0n) is 9.33. The summed E-state index contributed by atoms with van der Waals surface area (Å²) in [6.07, 6.45) is 1.28. The van der Waals surface area contributed by atoms with Crippen molar-refractivity contribution in [2.45, 2.75) is 0 Å². The first-order valence-corrected chi connectivity index (χ1v) is 6.03. The Balaban J connectivity index is 2.32. The van der Waals surface area contributed by atoms with E-state index in [0.29, 0.717) is 15.1 Å². The van der Waals surface area contributed by atoms with Gasteiger partial charge >= 0.3 is 0 Å². The summed E-state index contributed by atoms with van der Waals surface area (Å²) in [6, 6.07) is 4.41. The molecule has 5 nitrogen and oxygen atoms in total. The quantitative estimate of drug-likeness (QED) is 0.824. The van der Waals surface area contributed by atoms with Gasteiger partial charge < -0.3 is 15.0 Å². The standard InChI is InChI=1S/C11H9FIN3O2/c1-18-8-3-2-6(4-7(8)12)16-10-9(13)11(17)15-5-14-10/h2-5H,1H3,(H2,14,15,16,17). The summed E-state index contributed by atoms with van der Waals surface area (Å²) in [6.45, 7) is 0. The van der Waals surface area contributed by atoms with E-state index in [1.807, 2.05) is 22.6 Å². The van der Waals surface area contributed by atoms with E-state index < -0.39 is 5.82 Å². The van der Waals surface area contributed by atoms with Gasteiger partial charge in [-0.15, -0.1) is 0 Å². The highest BCUT2D eigenvalue weighted by atomic mass is 127. The van der Waals surface area contributed by atoms with E-state index in [9.17, 15) is 9.18 Å². The van der Waals surface area contributed by atoms with Crippen LogP contribution < -0.4 is 15.6 Å². The molecule has 18 heavy (non-hydrogen) atoms. The summed E-state index contributed by atoms with van der Waals surface area (Å²) in [5.74, 6) is 0.0559. The number of aromatic nitrogens is 2. The van der Waals surface area contributed by atoms with Crippen molar-refractivity contribution in [3.63, 3.8) is 0 Å². The fraction of sp³-hybridized carbons (Fsp3) is 0.0909. The number of aromatic amines is 1. The summed E-state index contributed by atoms with van der Waals surface area (Å²) in [4.78, 5) is 17.8. The average Bonchev–Trinajstić information content (AvgIpc) is 2.35. The zero-order valence-corrected chi connectivity index (χ0v) is 11.5. The monoisotopic (exact) mass is 361 g/mol. The molecule has 0 amide bonds. The summed E-state index contributed by atoms with van der Waals surface area (Å²) >= 11 is 1.87. The highest BCUT2D eigenvalue weighted by Gasteiger charge is 2.07. The van der Waals surface area contributed by atoms with Crippen LogP contribution in [-0.4, -0.2) is 17.1 Å². The SMILES string of the molecule is COc1ccc(Nc2nc[nH]c(=O)c2I)cc1F. The van der Waals surface area contributed by atoms with Crippen LogP contribution in [0, 0.1) is 9.39 Å². The van der Waals surface area contributed by atoms with Gasteiger partial charge in [0.25, 0.3) is 5.56 Å². The molecule has 0 bridgehead atoms. The second-order valence-electron chi connectivity index (χ2n) is 3.37. The number of methoxy groups -OCH3 is 1. The highest BCUT2D eigenvalue weighted by Crippen LogP contribution is 2.23. The Bertz CT molecular complexity index is 630. The Labute approximate surface area is 116 Å². The minimum atomic E-state index is -0.484. The molecule has 1 aromatic carbocycles. The molecule has 7 heteroatoms. The predicted molar refractivity (Wildman–Crippen MR) is 73.8 cm³/mol. The minimum absolute atomic E-state index is 0.161. The number of anilines is 2. The van der Waals surface area contributed by atoms with E-state index in [-0.39, 0.29) is 11.3 Å². The van der Waals surface area contributed by atoms with Gasteiger partial charge in [-0.1, -0.05) is 0 Å². The predicted octanol–water partition coefficient (Wildman–Crippen LogP) is 2.27. The van der Waals surface area contributed by atoms with Crippen LogP contribution in [0.5, 0.6) is 5.75 Å². The molecule has 0 aliphatic carbocycles. The van der Waals surface area contributed by atoms with Crippen LogP contribution >= 0.6 is 22.6 Å². The number of rotatable bonds is 3. The summed E-state index contributed by atoms with van der Waals surface area (Å²) in [7, 11) is 1.40. The summed E-state index contributed by atoms with van der Waals surface area (Å²) < 4.78 is 18.7. The second kappa shape index (κ2) is 5.34. The van der Waals surface area contributed by atoms with Crippen LogP contribution in [0.2, 0.25) is 0 Å². The molecule has 0 radical (unpaired) electrons. The smallest absolute Gasteiger partial charge is 0.266 e. The normalized spacial score (nSPS) is 10.2. The van der Waals surface area contributed by atoms with E-state index >= 15 is 0 Å². The van der Waals surface area contributed by atoms with Crippen molar-refractivity contribution < 1.29 is 9.13 Å². The van der Waals surface area contributed by atoms with Crippen molar-refractivity contribution in [1.29, 1.82) is 0 Å². The van der Waals surface area contributed by atoms with Gasteiger partial charge in [0.05, 0.1) is 13.4 Å². The lowest BCUT2D eigenvalue weighted by molar-refractivity contribution is 0.386. The van der Waals surface area contributed by atoms with Gasteiger partial charge in [0.2, 0.25) is 0 Å². The lowest BCUT2D eigenvalue weighted by atomic mass is 10.3. The largest absolute Gasteiger partial charge is 0.494 e. The fourth-order valence-electron chi connectivity index (χ4n) is 1.35. The van der Waals surface area contributed by atoms with Crippen molar-refractivity contribution in [1.82, 2.24) is 9.97 Å². The minimum Gasteiger partial charge on any atom is -0.494 e. The highest BCUT2D eigenvalue weighted by molar-refractivity contribution is 14.1. The average molecular weight is 361 g/mol. The number of halogens is 2. The third-order valence-electron chi connectivity index (χ3n) is 2.21. The van der Waals surface area contributed by atoms with Gasteiger partial charge in [0.15, 0.2) is 17.4 Å². The van der Waals surface area contributed by atoms with E-state index in [1.165, 1.54) is 25.6 Å². The van der Waals surface area contributed by atoms with Gasteiger partial charge in [-0.3, -0.25) is 4.79 Å². The van der Waals surface area contributed by atoms with Crippen LogP contribution in [0.15, 0.2) is 29.3 Å². The van der Waals surface area contributed by atoms with Crippen molar-refractivity contribution in [2.24, 2.45) is 0 Å². The summed E-state index contributed by atoms with van der Waals surface area (Å²) in [5, 5.41) is 2.87. The third-order valence-corrected chi connectivity index (χ3v) is 3.21. The molecular formula is C11H9FIN3O2. The maximum Gasteiger partial charge on any atom is 0.266 e. The van der Waals surface area contributed by atoms with Crippen LogP contribution in [-0.2, 0) is 0 Å². The first-order chi connectivity index (χ1) is 8.61. The number of nitrogens with zero attached hydrogens (tertiary/aromatic N) is 1. The molecule has 0 saturated heterocycles.